The first-order valence-corrected chi connectivity index (χ1v) is 10.3. The Bertz CT molecular complexity index is 309. The summed E-state index contributed by atoms with van der Waals surface area (Å²) in [6.45, 7) is 17.1. The third-order valence-electron chi connectivity index (χ3n) is 4.27. The van der Waals surface area contributed by atoms with Crippen molar-refractivity contribution in [1.29, 1.82) is 0 Å². The summed E-state index contributed by atoms with van der Waals surface area (Å²) in [7, 11) is -1.82. The number of aliphatic hydroxyl groups excluding tert-OH is 1. The fraction of sp³-hybridized carbons (Fsp3) is 0.933. The molecule has 0 amide bonds. The zero-order valence-corrected chi connectivity index (χ0v) is 15.3. The molecule has 0 aromatic carbocycles. The lowest BCUT2D eigenvalue weighted by molar-refractivity contribution is -0.152. The molecule has 0 aromatic rings. The van der Waals surface area contributed by atoms with Crippen LogP contribution in [-0.2, 0) is 14.0 Å². The summed E-state index contributed by atoms with van der Waals surface area (Å²) >= 11 is 0. The van der Waals surface area contributed by atoms with Crippen LogP contribution in [0.1, 0.15) is 41.5 Å². The van der Waals surface area contributed by atoms with E-state index < -0.39 is 20.3 Å². The van der Waals surface area contributed by atoms with Crippen LogP contribution in [0.4, 0.5) is 0 Å². The molecule has 5 heteroatoms. The molecule has 1 N–H and O–H groups in total. The van der Waals surface area contributed by atoms with Crippen LogP contribution in [-0.4, -0.2) is 38.7 Å². The number of rotatable bonds is 7. The highest BCUT2D eigenvalue weighted by Gasteiger charge is 2.38. The summed E-state index contributed by atoms with van der Waals surface area (Å²) in [5.74, 6) is -0.962. The van der Waals surface area contributed by atoms with Crippen LogP contribution < -0.4 is 0 Å². The van der Waals surface area contributed by atoms with E-state index in [4.69, 9.17) is 9.16 Å². The SMILES string of the molecule is CCOC(=O)[C@H](C)[C@@H](O)[C@H](C)CO[Si](C)(C)C(C)(C)C. The third kappa shape index (κ3) is 5.54. The number of ether oxygens (including phenoxy) is 1. The van der Waals surface area contributed by atoms with Gasteiger partial charge in [-0.25, -0.2) is 0 Å². The van der Waals surface area contributed by atoms with Crippen molar-refractivity contribution in [3.05, 3.63) is 0 Å². The standard InChI is InChI=1S/C15H32O4Si/c1-9-18-14(17)12(3)13(16)11(2)10-19-20(7,8)15(4,5)6/h11-13,16H,9-10H2,1-8H3/t11-,12-,13+/m1/s1. The molecule has 0 radical (unpaired) electrons. The smallest absolute Gasteiger partial charge is 0.311 e. The van der Waals surface area contributed by atoms with Crippen LogP contribution in [0.25, 0.3) is 0 Å². The normalized spacial score (nSPS) is 17.4. The van der Waals surface area contributed by atoms with Crippen molar-refractivity contribution >= 4 is 14.3 Å². The van der Waals surface area contributed by atoms with E-state index in [0.29, 0.717) is 13.2 Å². The van der Waals surface area contributed by atoms with Crippen LogP contribution in [0.2, 0.25) is 18.1 Å². The van der Waals surface area contributed by atoms with Gasteiger partial charge in [0.05, 0.1) is 18.6 Å². The van der Waals surface area contributed by atoms with Crippen LogP contribution in [0.15, 0.2) is 0 Å². The minimum atomic E-state index is -1.82. The van der Waals surface area contributed by atoms with Gasteiger partial charge in [0, 0.05) is 12.5 Å². The molecule has 0 saturated carbocycles. The van der Waals surface area contributed by atoms with Gasteiger partial charge in [0.1, 0.15) is 0 Å². The summed E-state index contributed by atoms with van der Waals surface area (Å²) in [5.41, 5.74) is 0. The van der Waals surface area contributed by atoms with Gasteiger partial charge in [-0.2, -0.15) is 0 Å². The van der Waals surface area contributed by atoms with Crippen molar-refractivity contribution in [3.8, 4) is 0 Å². The van der Waals surface area contributed by atoms with E-state index >= 15 is 0 Å². The lowest BCUT2D eigenvalue weighted by atomic mass is 9.94. The molecule has 0 rings (SSSR count). The highest BCUT2D eigenvalue weighted by molar-refractivity contribution is 6.74. The first kappa shape index (κ1) is 19.6. The summed E-state index contributed by atoms with van der Waals surface area (Å²) in [5, 5.41) is 10.4. The van der Waals surface area contributed by atoms with Crippen molar-refractivity contribution in [2.75, 3.05) is 13.2 Å². The summed E-state index contributed by atoms with van der Waals surface area (Å²) in [4.78, 5) is 11.6. The van der Waals surface area contributed by atoms with Gasteiger partial charge in [0.25, 0.3) is 0 Å². The molecule has 0 heterocycles. The van der Waals surface area contributed by atoms with Gasteiger partial charge in [0.15, 0.2) is 8.32 Å². The second-order valence-corrected chi connectivity index (χ2v) is 11.9. The van der Waals surface area contributed by atoms with Crippen molar-refractivity contribution in [3.63, 3.8) is 0 Å². The molecule has 120 valence electrons. The number of hydrogen-bond donors (Lipinski definition) is 1. The van der Waals surface area contributed by atoms with Gasteiger partial charge in [-0.3, -0.25) is 4.79 Å². The quantitative estimate of drug-likeness (QED) is 0.579. The minimum Gasteiger partial charge on any atom is -0.466 e. The molecule has 0 aliphatic carbocycles. The minimum absolute atomic E-state index is 0.0940. The zero-order valence-electron chi connectivity index (χ0n) is 14.3. The Hall–Kier alpha value is -0.393. The van der Waals surface area contributed by atoms with Crippen molar-refractivity contribution in [1.82, 2.24) is 0 Å². The van der Waals surface area contributed by atoms with Crippen LogP contribution in [0.5, 0.6) is 0 Å². The molecule has 3 atom stereocenters. The van der Waals surface area contributed by atoms with Crippen molar-refractivity contribution in [2.45, 2.75) is 65.8 Å². The van der Waals surface area contributed by atoms with Gasteiger partial charge < -0.3 is 14.3 Å². The second-order valence-electron chi connectivity index (χ2n) is 7.08. The zero-order chi connectivity index (χ0) is 16.1. The topological polar surface area (TPSA) is 55.8 Å². The Morgan fingerprint density at radius 3 is 2.15 bits per heavy atom. The van der Waals surface area contributed by atoms with Gasteiger partial charge in [-0.1, -0.05) is 27.7 Å². The fourth-order valence-corrected chi connectivity index (χ4v) is 2.67. The van der Waals surface area contributed by atoms with E-state index in [0.717, 1.165) is 0 Å². The molecular weight excluding hydrogens is 272 g/mol. The summed E-state index contributed by atoms with van der Waals surface area (Å²) < 4.78 is 11.0. The first-order valence-electron chi connectivity index (χ1n) is 7.42. The Morgan fingerprint density at radius 2 is 1.75 bits per heavy atom. The Morgan fingerprint density at radius 1 is 1.25 bits per heavy atom. The molecule has 20 heavy (non-hydrogen) atoms. The van der Waals surface area contributed by atoms with Gasteiger partial charge >= 0.3 is 5.97 Å². The first-order chi connectivity index (χ1) is 8.94. The maximum Gasteiger partial charge on any atom is 0.311 e. The Kier molecular flexibility index (Phi) is 7.42. The predicted molar refractivity (Wildman–Crippen MR) is 84.1 cm³/mol. The molecule has 0 aliphatic heterocycles. The Balaban J connectivity index is 4.48. The molecule has 0 unspecified atom stereocenters. The van der Waals surface area contributed by atoms with E-state index in [1.807, 2.05) is 6.92 Å². The molecule has 4 nitrogen and oxygen atoms in total. The lowest BCUT2D eigenvalue weighted by Gasteiger charge is -2.37. The van der Waals surface area contributed by atoms with Gasteiger partial charge in [-0.05, 0) is 32.0 Å². The number of carbonyl (C=O) groups is 1. The molecule has 0 aliphatic rings. The molecule has 0 spiro atoms. The molecule has 0 saturated heterocycles. The largest absolute Gasteiger partial charge is 0.466 e. The average Bonchev–Trinajstić information content (AvgIpc) is 2.33. The van der Waals surface area contributed by atoms with E-state index in [1.165, 1.54) is 0 Å². The van der Waals surface area contributed by atoms with E-state index in [9.17, 15) is 9.90 Å². The number of hydrogen-bond acceptors (Lipinski definition) is 4. The summed E-state index contributed by atoms with van der Waals surface area (Å²) in [6.07, 6.45) is -0.737. The predicted octanol–water partition coefficient (Wildman–Crippen LogP) is 3.20. The maximum atomic E-state index is 11.6. The molecule has 0 fully saturated rings. The number of carbonyl (C=O) groups excluding carboxylic acids is 1. The highest BCUT2D eigenvalue weighted by Crippen LogP contribution is 2.37. The van der Waals surface area contributed by atoms with Gasteiger partial charge in [-0.15, -0.1) is 0 Å². The molecule has 0 aromatic heterocycles. The van der Waals surface area contributed by atoms with Crippen molar-refractivity contribution in [2.24, 2.45) is 11.8 Å². The number of esters is 1. The van der Waals surface area contributed by atoms with Crippen LogP contribution in [0.3, 0.4) is 0 Å². The fourth-order valence-electron chi connectivity index (χ4n) is 1.56. The van der Waals surface area contributed by atoms with Crippen LogP contribution in [0, 0.1) is 11.8 Å². The monoisotopic (exact) mass is 304 g/mol. The van der Waals surface area contributed by atoms with Gasteiger partial charge in [0.2, 0.25) is 0 Å². The third-order valence-corrected chi connectivity index (χ3v) is 8.77. The molecular formula is C15H32O4Si. The van der Waals surface area contributed by atoms with Crippen LogP contribution >= 0.6 is 0 Å². The van der Waals surface area contributed by atoms with E-state index in [2.05, 4.69) is 33.9 Å². The molecule has 0 bridgehead atoms. The van der Waals surface area contributed by atoms with Crippen molar-refractivity contribution < 1.29 is 19.1 Å². The Labute approximate surface area is 125 Å². The van der Waals surface area contributed by atoms with E-state index in [-0.39, 0.29) is 16.9 Å². The number of aliphatic hydroxyl groups is 1. The van der Waals surface area contributed by atoms with E-state index in [1.54, 1.807) is 13.8 Å². The average molecular weight is 305 g/mol. The second kappa shape index (κ2) is 7.57. The lowest BCUT2D eigenvalue weighted by Crippen LogP contribution is -2.43. The summed E-state index contributed by atoms with van der Waals surface area (Å²) in [6, 6.07) is 0. The maximum absolute atomic E-state index is 11.6. The highest BCUT2D eigenvalue weighted by atomic mass is 28.4.